The van der Waals surface area contributed by atoms with E-state index in [9.17, 15) is 9.59 Å². The SMILES string of the molecule is Cc1ccc(NC(=O)NCC(=O)O)o1. The molecule has 1 aromatic heterocycles. The lowest BCUT2D eigenvalue weighted by molar-refractivity contribution is -0.135. The third-order valence-electron chi connectivity index (χ3n) is 1.38. The molecule has 0 aliphatic heterocycles. The van der Waals surface area contributed by atoms with Crippen LogP contribution in [0.2, 0.25) is 0 Å². The summed E-state index contributed by atoms with van der Waals surface area (Å²) in [4.78, 5) is 21.1. The first-order valence-electron chi connectivity index (χ1n) is 3.91. The first-order valence-corrected chi connectivity index (χ1v) is 3.91. The largest absolute Gasteiger partial charge is 0.480 e. The Morgan fingerprint density at radius 3 is 2.71 bits per heavy atom. The molecule has 0 fully saturated rings. The van der Waals surface area contributed by atoms with E-state index in [2.05, 4.69) is 10.6 Å². The van der Waals surface area contributed by atoms with Crippen LogP contribution in [-0.4, -0.2) is 23.7 Å². The molecule has 1 aromatic rings. The van der Waals surface area contributed by atoms with Gasteiger partial charge in [-0.25, -0.2) is 4.79 Å². The van der Waals surface area contributed by atoms with Crippen LogP contribution in [-0.2, 0) is 4.79 Å². The van der Waals surface area contributed by atoms with Gasteiger partial charge in [-0.3, -0.25) is 10.1 Å². The number of hydrogen-bond donors (Lipinski definition) is 3. The Morgan fingerprint density at radius 1 is 1.50 bits per heavy atom. The lowest BCUT2D eigenvalue weighted by atomic mass is 10.5. The molecule has 3 N–H and O–H groups in total. The number of nitrogens with one attached hydrogen (secondary N) is 2. The molecule has 0 saturated carbocycles. The Bertz CT molecular complexity index is 345. The van der Waals surface area contributed by atoms with Gasteiger partial charge in [-0.1, -0.05) is 0 Å². The molecule has 0 unspecified atom stereocenters. The molecule has 76 valence electrons. The monoisotopic (exact) mass is 198 g/mol. The van der Waals surface area contributed by atoms with Crippen molar-refractivity contribution in [2.75, 3.05) is 11.9 Å². The number of hydrogen-bond acceptors (Lipinski definition) is 3. The topological polar surface area (TPSA) is 91.6 Å². The zero-order chi connectivity index (χ0) is 10.6. The molecule has 2 amide bonds. The third kappa shape index (κ3) is 3.18. The minimum absolute atomic E-state index is 0.283. The van der Waals surface area contributed by atoms with E-state index in [-0.39, 0.29) is 5.88 Å². The van der Waals surface area contributed by atoms with E-state index in [1.807, 2.05) is 0 Å². The summed E-state index contributed by atoms with van der Waals surface area (Å²) >= 11 is 0. The molecular formula is C8H10N2O4. The van der Waals surface area contributed by atoms with Crippen molar-refractivity contribution in [2.45, 2.75) is 6.92 Å². The summed E-state index contributed by atoms with van der Waals surface area (Å²) in [5, 5.41) is 12.7. The van der Waals surface area contributed by atoms with E-state index in [4.69, 9.17) is 9.52 Å². The Morgan fingerprint density at radius 2 is 2.21 bits per heavy atom. The fourth-order valence-electron chi connectivity index (χ4n) is 0.814. The summed E-state index contributed by atoms with van der Waals surface area (Å²) in [5.74, 6) is -0.153. The minimum atomic E-state index is -1.10. The number of rotatable bonds is 3. The number of furan rings is 1. The van der Waals surface area contributed by atoms with Gasteiger partial charge in [-0.2, -0.15) is 0 Å². The van der Waals surface area contributed by atoms with Crippen molar-refractivity contribution in [3.05, 3.63) is 17.9 Å². The number of carbonyl (C=O) groups excluding carboxylic acids is 1. The van der Waals surface area contributed by atoms with Crippen molar-refractivity contribution in [1.82, 2.24) is 5.32 Å². The first kappa shape index (κ1) is 10.1. The van der Waals surface area contributed by atoms with Crippen molar-refractivity contribution >= 4 is 17.9 Å². The van der Waals surface area contributed by atoms with E-state index >= 15 is 0 Å². The van der Waals surface area contributed by atoms with Gasteiger partial charge in [0.1, 0.15) is 12.3 Å². The lowest BCUT2D eigenvalue weighted by Crippen LogP contribution is -2.32. The molecule has 1 rings (SSSR count). The fraction of sp³-hybridized carbons (Fsp3) is 0.250. The second-order valence-electron chi connectivity index (χ2n) is 2.61. The van der Waals surface area contributed by atoms with Crippen LogP contribution in [0.4, 0.5) is 10.7 Å². The number of carbonyl (C=O) groups is 2. The van der Waals surface area contributed by atoms with Gasteiger partial charge in [0.2, 0.25) is 5.88 Å². The molecule has 14 heavy (non-hydrogen) atoms. The van der Waals surface area contributed by atoms with Gasteiger partial charge in [0.05, 0.1) is 0 Å². The molecule has 0 spiro atoms. The van der Waals surface area contributed by atoms with Gasteiger partial charge in [0.15, 0.2) is 0 Å². The zero-order valence-electron chi connectivity index (χ0n) is 7.53. The summed E-state index contributed by atoms with van der Waals surface area (Å²) in [6.45, 7) is 1.31. The van der Waals surface area contributed by atoms with Gasteiger partial charge in [0.25, 0.3) is 0 Å². The van der Waals surface area contributed by atoms with Crippen molar-refractivity contribution < 1.29 is 19.1 Å². The van der Waals surface area contributed by atoms with E-state index in [0.29, 0.717) is 5.76 Å². The fourth-order valence-corrected chi connectivity index (χ4v) is 0.814. The predicted molar refractivity (Wildman–Crippen MR) is 48.1 cm³/mol. The van der Waals surface area contributed by atoms with Crippen LogP contribution < -0.4 is 10.6 Å². The summed E-state index contributed by atoms with van der Waals surface area (Å²) in [7, 11) is 0. The van der Waals surface area contributed by atoms with Gasteiger partial charge in [0, 0.05) is 6.07 Å². The van der Waals surface area contributed by atoms with Gasteiger partial charge in [-0.15, -0.1) is 0 Å². The van der Waals surface area contributed by atoms with Crippen LogP contribution in [0.1, 0.15) is 5.76 Å². The van der Waals surface area contributed by atoms with E-state index in [0.717, 1.165) is 0 Å². The van der Waals surface area contributed by atoms with Crippen LogP contribution >= 0.6 is 0 Å². The van der Waals surface area contributed by atoms with E-state index < -0.39 is 18.5 Å². The molecule has 6 nitrogen and oxygen atoms in total. The molecule has 0 bridgehead atoms. The maximum atomic E-state index is 11.0. The number of urea groups is 1. The van der Waals surface area contributed by atoms with Crippen molar-refractivity contribution in [1.29, 1.82) is 0 Å². The summed E-state index contributed by atoms with van der Waals surface area (Å²) < 4.78 is 5.04. The Labute approximate surface area is 79.9 Å². The van der Waals surface area contributed by atoms with Gasteiger partial charge < -0.3 is 14.8 Å². The second kappa shape index (κ2) is 4.31. The average molecular weight is 198 g/mol. The number of carboxylic acid groups (broad SMARTS) is 1. The van der Waals surface area contributed by atoms with Gasteiger partial charge in [-0.05, 0) is 13.0 Å². The van der Waals surface area contributed by atoms with E-state index in [1.54, 1.807) is 19.1 Å². The highest BCUT2D eigenvalue weighted by atomic mass is 16.4. The van der Waals surface area contributed by atoms with Crippen molar-refractivity contribution in [2.24, 2.45) is 0 Å². The number of aryl methyl sites for hydroxylation is 1. The molecule has 0 aromatic carbocycles. The molecule has 0 saturated heterocycles. The van der Waals surface area contributed by atoms with Crippen LogP contribution in [0.15, 0.2) is 16.5 Å². The maximum absolute atomic E-state index is 11.0. The predicted octanol–water partition coefficient (Wildman–Crippen LogP) is 0.794. The van der Waals surface area contributed by atoms with Crippen LogP contribution in [0, 0.1) is 6.92 Å². The van der Waals surface area contributed by atoms with Crippen molar-refractivity contribution in [3.63, 3.8) is 0 Å². The summed E-state index contributed by atoms with van der Waals surface area (Å²) in [6, 6.07) is 2.66. The number of carboxylic acids is 1. The quantitative estimate of drug-likeness (QED) is 0.669. The second-order valence-corrected chi connectivity index (χ2v) is 2.61. The Kier molecular flexibility index (Phi) is 3.11. The molecule has 0 aliphatic rings. The third-order valence-corrected chi connectivity index (χ3v) is 1.38. The van der Waals surface area contributed by atoms with Crippen LogP contribution in [0.25, 0.3) is 0 Å². The van der Waals surface area contributed by atoms with Gasteiger partial charge >= 0.3 is 12.0 Å². The van der Waals surface area contributed by atoms with Crippen LogP contribution in [0.3, 0.4) is 0 Å². The molecule has 0 radical (unpaired) electrons. The summed E-state index contributed by atoms with van der Waals surface area (Å²) in [6.07, 6.45) is 0. The standard InChI is InChI=1S/C8H10N2O4/c1-5-2-3-6(14-5)10-8(13)9-4-7(11)12/h2-3H,4H2,1H3,(H,11,12)(H2,9,10,13). The zero-order valence-corrected chi connectivity index (χ0v) is 7.53. The smallest absolute Gasteiger partial charge is 0.323 e. The molecule has 0 aliphatic carbocycles. The molecule has 6 heteroatoms. The van der Waals surface area contributed by atoms with E-state index in [1.165, 1.54) is 0 Å². The Balaban J connectivity index is 2.37. The number of amides is 2. The average Bonchev–Trinajstić information content (AvgIpc) is 2.48. The minimum Gasteiger partial charge on any atom is -0.480 e. The lowest BCUT2D eigenvalue weighted by Gasteiger charge is -2.01. The highest BCUT2D eigenvalue weighted by Gasteiger charge is 2.05. The molecular weight excluding hydrogens is 188 g/mol. The molecule has 1 heterocycles. The highest BCUT2D eigenvalue weighted by molar-refractivity contribution is 5.89. The first-order chi connectivity index (χ1) is 6.58. The Hall–Kier alpha value is -1.98. The number of aliphatic carboxylic acids is 1. The highest BCUT2D eigenvalue weighted by Crippen LogP contribution is 2.11. The normalized spacial score (nSPS) is 9.50. The summed E-state index contributed by atoms with van der Waals surface area (Å²) in [5.41, 5.74) is 0. The maximum Gasteiger partial charge on any atom is 0.323 e. The number of anilines is 1. The molecule has 0 atom stereocenters. The van der Waals surface area contributed by atoms with Crippen LogP contribution in [0.5, 0.6) is 0 Å². The van der Waals surface area contributed by atoms with Crippen molar-refractivity contribution in [3.8, 4) is 0 Å².